The lowest BCUT2D eigenvalue weighted by atomic mass is 10.2. The topological polar surface area (TPSA) is 68.0 Å². The van der Waals surface area contributed by atoms with Crippen molar-refractivity contribution in [2.45, 2.75) is 6.92 Å². The van der Waals surface area contributed by atoms with Crippen LogP contribution in [0.15, 0.2) is 22.3 Å². The smallest absolute Gasteiger partial charge is 0.261 e. The summed E-state index contributed by atoms with van der Waals surface area (Å²) in [6.45, 7) is 1.73. The summed E-state index contributed by atoms with van der Waals surface area (Å²) in [7, 11) is 0. The molecular weight excluding hydrogens is 202 g/mol. The van der Waals surface area contributed by atoms with Crippen LogP contribution in [0.25, 0.3) is 0 Å². The molecule has 0 aromatic carbocycles. The van der Waals surface area contributed by atoms with Crippen LogP contribution in [-0.4, -0.2) is 16.1 Å². The molecule has 0 aliphatic rings. The number of carbonyl (C=O) groups excluding carboxylic acids is 1. The van der Waals surface area contributed by atoms with E-state index >= 15 is 0 Å². The van der Waals surface area contributed by atoms with Crippen LogP contribution in [0, 0.1) is 6.92 Å². The van der Waals surface area contributed by atoms with E-state index in [0.717, 1.165) is 0 Å². The Morgan fingerprint density at radius 1 is 1.64 bits per heavy atom. The van der Waals surface area contributed by atoms with Gasteiger partial charge in [0.2, 0.25) is 5.13 Å². The van der Waals surface area contributed by atoms with E-state index < -0.39 is 0 Å². The van der Waals surface area contributed by atoms with E-state index in [1.807, 2.05) is 0 Å². The normalized spacial score (nSPS) is 10.1. The zero-order valence-corrected chi connectivity index (χ0v) is 8.17. The average molecular weight is 209 g/mol. The number of nitrogens with zero attached hydrogens (tertiary/aromatic N) is 2. The summed E-state index contributed by atoms with van der Waals surface area (Å²) in [6, 6.07) is 1.62. The zero-order valence-electron chi connectivity index (χ0n) is 7.35. The molecule has 0 atom stereocenters. The van der Waals surface area contributed by atoms with Gasteiger partial charge in [0.15, 0.2) is 0 Å². The number of furan rings is 1. The molecule has 6 heteroatoms. The molecule has 72 valence electrons. The third-order valence-corrected chi connectivity index (χ3v) is 2.29. The van der Waals surface area contributed by atoms with Gasteiger partial charge in [-0.3, -0.25) is 10.1 Å². The standard InChI is InChI=1S/C8H7N3O2S/c1-5-6(2-3-13-5)7(12)10-8-11-9-4-14-8/h2-4H,1H3,(H,10,11,12). The molecule has 0 spiro atoms. The number of rotatable bonds is 2. The molecule has 0 aliphatic heterocycles. The molecule has 0 bridgehead atoms. The predicted molar refractivity (Wildman–Crippen MR) is 51.3 cm³/mol. The zero-order chi connectivity index (χ0) is 9.97. The van der Waals surface area contributed by atoms with Crippen LogP contribution in [-0.2, 0) is 0 Å². The van der Waals surface area contributed by atoms with Crippen LogP contribution in [0.1, 0.15) is 16.1 Å². The molecule has 0 unspecified atom stereocenters. The van der Waals surface area contributed by atoms with E-state index in [-0.39, 0.29) is 5.91 Å². The van der Waals surface area contributed by atoms with Crippen LogP contribution >= 0.6 is 11.3 Å². The second-order valence-corrected chi connectivity index (χ2v) is 3.42. The van der Waals surface area contributed by atoms with E-state index in [1.165, 1.54) is 17.6 Å². The van der Waals surface area contributed by atoms with Crippen molar-refractivity contribution >= 4 is 22.4 Å². The van der Waals surface area contributed by atoms with Gasteiger partial charge in [-0.2, -0.15) is 0 Å². The lowest BCUT2D eigenvalue weighted by Crippen LogP contribution is -2.11. The highest BCUT2D eigenvalue weighted by atomic mass is 32.1. The second kappa shape index (κ2) is 3.59. The predicted octanol–water partition coefficient (Wildman–Crippen LogP) is 1.69. The van der Waals surface area contributed by atoms with E-state index in [1.54, 1.807) is 18.5 Å². The van der Waals surface area contributed by atoms with Gasteiger partial charge in [0.05, 0.1) is 11.8 Å². The molecule has 1 amide bonds. The lowest BCUT2D eigenvalue weighted by molar-refractivity contribution is 0.102. The summed E-state index contributed by atoms with van der Waals surface area (Å²) in [5, 5.41) is 10.4. The second-order valence-electron chi connectivity index (χ2n) is 2.59. The number of hydrogen-bond donors (Lipinski definition) is 1. The molecule has 1 N–H and O–H groups in total. The van der Waals surface area contributed by atoms with Crippen molar-refractivity contribution in [2.24, 2.45) is 0 Å². The first-order chi connectivity index (χ1) is 6.77. The fourth-order valence-electron chi connectivity index (χ4n) is 1.01. The Bertz CT molecular complexity index is 435. The summed E-state index contributed by atoms with van der Waals surface area (Å²) >= 11 is 1.27. The molecule has 0 fully saturated rings. The van der Waals surface area contributed by atoms with Crippen LogP contribution in [0.2, 0.25) is 0 Å². The Kier molecular flexibility index (Phi) is 2.28. The van der Waals surface area contributed by atoms with Crippen LogP contribution in [0.4, 0.5) is 5.13 Å². The largest absolute Gasteiger partial charge is 0.469 e. The lowest BCUT2D eigenvalue weighted by Gasteiger charge is -1.97. The van der Waals surface area contributed by atoms with Crippen molar-refractivity contribution < 1.29 is 9.21 Å². The molecule has 2 heterocycles. The van der Waals surface area contributed by atoms with Gasteiger partial charge in [0.25, 0.3) is 5.91 Å². The van der Waals surface area contributed by atoms with Crippen molar-refractivity contribution in [1.29, 1.82) is 0 Å². The first kappa shape index (κ1) is 8.89. The van der Waals surface area contributed by atoms with Gasteiger partial charge in [-0.15, -0.1) is 10.2 Å². The minimum Gasteiger partial charge on any atom is -0.469 e. The number of nitrogens with one attached hydrogen (secondary N) is 1. The van der Waals surface area contributed by atoms with E-state index in [2.05, 4.69) is 15.5 Å². The highest BCUT2D eigenvalue weighted by Crippen LogP contribution is 2.13. The van der Waals surface area contributed by atoms with Crippen molar-refractivity contribution in [3.63, 3.8) is 0 Å². The van der Waals surface area contributed by atoms with Crippen LogP contribution in [0.3, 0.4) is 0 Å². The van der Waals surface area contributed by atoms with Crippen molar-refractivity contribution in [3.05, 3.63) is 29.2 Å². The molecular formula is C8H7N3O2S. The van der Waals surface area contributed by atoms with Crippen molar-refractivity contribution in [2.75, 3.05) is 5.32 Å². The average Bonchev–Trinajstić information content (AvgIpc) is 2.75. The maximum absolute atomic E-state index is 11.6. The fraction of sp³-hybridized carbons (Fsp3) is 0.125. The first-order valence-corrected chi connectivity index (χ1v) is 4.77. The van der Waals surface area contributed by atoms with E-state index in [0.29, 0.717) is 16.5 Å². The van der Waals surface area contributed by atoms with Gasteiger partial charge in [0, 0.05) is 0 Å². The van der Waals surface area contributed by atoms with Gasteiger partial charge in [-0.25, -0.2) is 0 Å². The van der Waals surface area contributed by atoms with Gasteiger partial charge in [-0.1, -0.05) is 11.3 Å². The quantitative estimate of drug-likeness (QED) is 0.817. The molecule has 2 rings (SSSR count). The monoisotopic (exact) mass is 209 g/mol. The molecule has 0 saturated heterocycles. The first-order valence-electron chi connectivity index (χ1n) is 3.89. The van der Waals surface area contributed by atoms with Gasteiger partial charge >= 0.3 is 0 Å². The number of aromatic nitrogens is 2. The minimum atomic E-state index is -0.229. The molecule has 0 saturated carbocycles. The van der Waals surface area contributed by atoms with E-state index in [4.69, 9.17) is 4.42 Å². The number of anilines is 1. The molecule has 0 aliphatic carbocycles. The molecule has 14 heavy (non-hydrogen) atoms. The third kappa shape index (κ3) is 1.64. The van der Waals surface area contributed by atoms with Crippen LogP contribution < -0.4 is 5.32 Å². The summed E-state index contributed by atoms with van der Waals surface area (Å²) in [5.41, 5.74) is 2.07. The Labute approximate surface area is 83.8 Å². The number of hydrogen-bond acceptors (Lipinski definition) is 5. The summed E-state index contributed by atoms with van der Waals surface area (Å²) in [4.78, 5) is 11.6. The number of aryl methyl sites for hydroxylation is 1. The Balaban J connectivity index is 2.14. The van der Waals surface area contributed by atoms with Gasteiger partial charge in [0.1, 0.15) is 11.3 Å². The molecule has 5 nitrogen and oxygen atoms in total. The van der Waals surface area contributed by atoms with Crippen molar-refractivity contribution in [1.82, 2.24) is 10.2 Å². The summed E-state index contributed by atoms with van der Waals surface area (Å²) in [5.74, 6) is 0.361. The number of carbonyl (C=O) groups is 1. The maximum atomic E-state index is 11.6. The highest BCUT2D eigenvalue weighted by Gasteiger charge is 2.12. The van der Waals surface area contributed by atoms with Gasteiger partial charge in [-0.05, 0) is 13.0 Å². The molecule has 2 aromatic heterocycles. The minimum absolute atomic E-state index is 0.229. The third-order valence-electron chi connectivity index (χ3n) is 1.68. The Morgan fingerprint density at radius 2 is 2.50 bits per heavy atom. The van der Waals surface area contributed by atoms with E-state index in [9.17, 15) is 4.79 Å². The van der Waals surface area contributed by atoms with Crippen LogP contribution in [0.5, 0.6) is 0 Å². The summed E-state index contributed by atoms with van der Waals surface area (Å²) < 4.78 is 5.01. The molecule has 0 radical (unpaired) electrons. The number of amides is 1. The highest BCUT2D eigenvalue weighted by molar-refractivity contribution is 7.13. The Hall–Kier alpha value is -1.69. The Morgan fingerprint density at radius 3 is 3.07 bits per heavy atom. The fourth-order valence-corrected chi connectivity index (χ4v) is 1.45. The van der Waals surface area contributed by atoms with Gasteiger partial charge < -0.3 is 4.42 Å². The van der Waals surface area contributed by atoms with Crippen molar-refractivity contribution in [3.8, 4) is 0 Å². The maximum Gasteiger partial charge on any atom is 0.261 e. The summed E-state index contributed by atoms with van der Waals surface area (Å²) in [6.07, 6.45) is 1.48. The molecule has 2 aromatic rings. The SMILES string of the molecule is Cc1occc1C(=O)Nc1nncs1.